The summed E-state index contributed by atoms with van der Waals surface area (Å²) in [6.45, 7) is 5.80. The minimum absolute atomic E-state index is 0. The molecule has 0 aliphatic rings. The van der Waals surface area contributed by atoms with Crippen molar-refractivity contribution >= 4 is 11.9 Å². The smallest absolute Gasteiger partial charge is 0.545 e. The molecule has 0 aromatic rings. The van der Waals surface area contributed by atoms with Gasteiger partial charge in [-0.15, -0.1) is 0 Å². The second-order valence-electron chi connectivity index (χ2n) is 1.05. The van der Waals surface area contributed by atoms with E-state index in [4.69, 9.17) is 19.8 Å². The molecule has 1 radical (unpaired) electrons. The zero-order valence-corrected chi connectivity index (χ0v) is 6.89. The monoisotopic (exact) mass is 194 g/mol. The van der Waals surface area contributed by atoms with Gasteiger partial charge in [-0.1, -0.05) is 13.2 Å². The number of rotatable bonds is 2. The van der Waals surface area contributed by atoms with Gasteiger partial charge >= 0.3 is 17.4 Å². The quantitative estimate of drug-likeness (QED) is 0.469. The Labute approximate surface area is 75.0 Å². The molecule has 0 aliphatic heterocycles. The first-order valence-corrected chi connectivity index (χ1v) is 2.21. The summed E-state index contributed by atoms with van der Waals surface area (Å²) >= 11 is 0. The Morgan fingerprint density at radius 3 is 1.09 bits per heavy atom. The van der Waals surface area contributed by atoms with E-state index in [0.717, 1.165) is 12.2 Å². The van der Waals surface area contributed by atoms with E-state index in [2.05, 4.69) is 13.2 Å². The number of hydrogen-bond acceptors (Lipinski definition) is 4. The molecule has 0 aromatic heterocycles. The molecule has 0 atom stereocenters. The van der Waals surface area contributed by atoms with Crippen molar-refractivity contribution in [3.63, 3.8) is 0 Å². The van der Waals surface area contributed by atoms with Crippen molar-refractivity contribution in [2.75, 3.05) is 0 Å². The molecule has 0 fully saturated rings. The van der Waals surface area contributed by atoms with Crippen LogP contribution in [0.15, 0.2) is 25.3 Å². The Hall–Kier alpha value is -1.05. The molecule has 0 saturated heterocycles. The van der Waals surface area contributed by atoms with Crippen molar-refractivity contribution < 1.29 is 37.2 Å². The van der Waals surface area contributed by atoms with E-state index in [1.54, 1.807) is 0 Å². The van der Waals surface area contributed by atoms with Crippen LogP contribution in [0.25, 0.3) is 0 Å². The van der Waals surface area contributed by atoms with Crippen LogP contribution >= 0.6 is 0 Å². The summed E-state index contributed by atoms with van der Waals surface area (Å²) in [5.74, 6) is -2.46. The Morgan fingerprint density at radius 1 is 1.00 bits per heavy atom. The summed E-state index contributed by atoms with van der Waals surface area (Å²) in [6.07, 6.45) is 1.44. The van der Waals surface area contributed by atoms with Gasteiger partial charge in [0.2, 0.25) is 0 Å². The van der Waals surface area contributed by atoms with Crippen LogP contribution in [-0.2, 0) is 27.0 Å². The zero-order chi connectivity index (χ0) is 8.57. The average Bonchev–Trinajstić information content (AvgIpc) is 1.89. The molecule has 0 aliphatic carbocycles. The molecule has 0 rings (SSSR count). The van der Waals surface area contributed by atoms with Gasteiger partial charge in [0.25, 0.3) is 0 Å². The van der Waals surface area contributed by atoms with Gasteiger partial charge in [-0.25, -0.2) is 0 Å². The van der Waals surface area contributed by atoms with Crippen molar-refractivity contribution in [2.24, 2.45) is 0 Å². The normalized spacial score (nSPS) is 5.82. The van der Waals surface area contributed by atoms with Crippen LogP contribution in [0.3, 0.4) is 0 Å². The van der Waals surface area contributed by atoms with E-state index in [1.807, 2.05) is 0 Å². The SMILES string of the molecule is C=CC(=O)[O-].C=CC(=O)[O-].[Cr+3]. The van der Waals surface area contributed by atoms with Gasteiger partial charge in [-0.05, 0) is 12.2 Å². The molecule has 0 spiro atoms. The molecule has 0 saturated carbocycles. The molecular weight excluding hydrogens is 188 g/mol. The van der Waals surface area contributed by atoms with Crippen LogP contribution in [-0.4, -0.2) is 11.9 Å². The van der Waals surface area contributed by atoms with Crippen molar-refractivity contribution in [1.82, 2.24) is 0 Å². The summed E-state index contributed by atoms with van der Waals surface area (Å²) in [5, 5.41) is 18.3. The molecule has 0 unspecified atom stereocenters. The topological polar surface area (TPSA) is 80.3 Å². The largest absolute Gasteiger partial charge is 3.00 e. The molecule has 0 bridgehead atoms. The van der Waals surface area contributed by atoms with Gasteiger partial charge in [0.05, 0.1) is 11.9 Å². The molecule has 11 heavy (non-hydrogen) atoms. The summed E-state index contributed by atoms with van der Waals surface area (Å²) < 4.78 is 0. The van der Waals surface area contributed by atoms with Gasteiger partial charge in [0, 0.05) is 0 Å². The summed E-state index contributed by atoms with van der Waals surface area (Å²) in [4.78, 5) is 18.3. The number of hydrogen-bond donors (Lipinski definition) is 0. The summed E-state index contributed by atoms with van der Waals surface area (Å²) in [6, 6.07) is 0. The minimum Gasteiger partial charge on any atom is -0.545 e. The molecule has 59 valence electrons. The van der Waals surface area contributed by atoms with Crippen molar-refractivity contribution in [2.45, 2.75) is 0 Å². The van der Waals surface area contributed by atoms with Crippen LogP contribution in [0.5, 0.6) is 0 Å². The third-order valence-corrected chi connectivity index (χ3v) is 0.333. The maximum Gasteiger partial charge on any atom is 3.00 e. The number of carbonyl (C=O) groups excluding carboxylic acids is 2. The maximum atomic E-state index is 9.14. The number of carboxylic acids is 2. The molecular formula is C6H6CrO4+. The van der Waals surface area contributed by atoms with E-state index in [-0.39, 0.29) is 17.4 Å². The Morgan fingerprint density at radius 2 is 1.09 bits per heavy atom. The molecule has 0 amide bonds. The fraction of sp³-hybridized carbons (Fsp3) is 0. The predicted molar refractivity (Wildman–Crippen MR) is 30.4 cm³/mol. The first-order valence-electron chi connectivity index (χ1n) is 2.21. The molecule has 0 heterocycles. The third kappa shape index (κ3) is 49.6. The average molecular weight is 194 g/mol. The third-order valence-electron chi connectivity index (χ3n) is 0.333. The second-order valence-corrected chi connectivity index (χ2v) is 1.05. The number of carboxylic acid groups (broad SMARTS) is 2. The van der Waals surface area contributed by atoms with Crippen LogP contribution in [0.4, 0.5) is 0 Å². The van der Waals surface area contributed by atoms with Gasteiger partial charge < -0.3 is 19.8 Å². The Balaban J connectivity index is -0.000000107. The zero-order valence-electron chi connectivity index (χ0n) is 5.61. The van der Waals surface area contributed by atoms with E-state index in [9.17, 15) is 0 Å². The van der Waals surface area contributed by atoms with Crippen LogP contribution < -0.4 is 10.2 Å². The van der Waals surface area contributed by atoms with Gasteiger partial charge in [0.15, 0.2) is 0 Å². The van der Waals surface area contributed by atoms with Crippen molar-refractivity contribution in [3.05, 3.63) is 25.3 Å². The first-order chi connectivity index (χ1) is 4.54. The molecule has 0 aromatic carbocycles. The van der Waals surface area contributed by atoms with Crippen LogP contribution in [0.2, 0.25) is 0 Å². The summed E-state index contributed by atoms with van der Waals surface area (Å²) in [7, 11) is 0. The van der Waals surface area contributed by atoms with E-state index >= 15 is 0 Å². The van der Waals surface area contributed by atoms with Crippen LogP contribution in [0.1, 0.15) is 0 Å². The fourth-order valence-corrected chi connectivity index (χ4v) is 0. The van der Waals surface area contributed by atoms with Gasteiger partial charge in [0.1, 0.15) is 0 Å². The number of carbonyl (C=O) groups is 2. The Kier molecular flexibility index (Phi) is 17.6. The molecule has 4 nitrogen and oxygen atoms in total. The van der Waals surface area contributed by atoms with E-state index in [1.165, 1.54) is 0 Å². The first kappa shape index (κ1) is 16.5. The molecule has 0 N–H and O–H groups in total. The van der Waals surface area contributed by atoms with Crippen LogP contribution in [0, 0.1) is 0 Å². The maximum absolute atomic E-state index is 9.14. The van der Waals surface area contributed by atoms with E-state index in [0.29, 0.717) is 0 Å². The summed E-state index contributed by atoms with van der Waals surface area (Å²) in [5.41, 5.74) is 0. The minimum atomic E-state index is -1.23. The number of aliphatic carboxylic acids is 2. The van der Waals surface area contributed by atoms with Crippen molar-refractivity contribution in [1.29, 1.82) is 0 Å². The standard InChI is InChI=1S/2C3H4O2.Cr/c2*1-2-3(4)5;/h2*2H,1H2,(H,4,5);/q;;+3/p-2. The molecule has 5 heteroatoms. The fourth-order valence-electron chi connectivity index (χ4n) is 0. The van der Waals surface area contributed by atoms with Gasteiger partial charge in [-0.3, -0.25) is 0 Å². The second kappa shape index (κ2) is 11.7. The Bertz CT molecular complexity index is 135. The van der Waals surface area contributed by atoms with E-state index < -0.39 is 11.9 Å². The van der Waals surface area contributed by atoms with Crippen molar-refractivity contribution in [3.8, 4) is 0 Å². The predicted octanol–water partition coefficient (Wildman–Crippen LogP) is -2.16. The van der Waals surface area contributed by atoms with Gasteiger partial charge in [-0.2, -0.15) is 0 Å².